The van der Waals surface area contributed by atoms with E-state index in [-0.39, 0.29) is 6.10 Å². The van der Waals surface area contributed by atoms with E-state index < -0.39 is 0 Å². The Morgan fingerprint density at radius 2 is 1.73 bits per heavy atom. The Balaban J connectivity index is 1.40. The highest BCUT2D eigenvalue weighted by Crippen LogP contribution is 2.28. The van der Waals surface area contributed by atoms with Crippen molar-refractivity contribution in [1.82, 2.24) is 9.97 Å². The number of oxime groups is 1. The van der Waals surface area contributed by atoms with Crippen LogP contribution in [0.4, 0.5) is 5.95 Å². The lowest BCUT2D eigenvalue weighted by Gasteiger charge is -2.13. The van der Waals surface area contributed by atoms with Crippen molar-refractivity contribution >= 4 is 26.5 Å². The van der Waals surface area contributed by atoms with Crippen molar-refractivity contribution < 1.29 is 4.84 Å². The zero-order chi connectivity index (χ0) is 14.9. The highest BCUT2D eigenvalue weighted by molar-refractivity contribution is 9.18. The topological polar surface area (TPSA) is 59.4 Å². The Morgan fingerprint density at radius 3 is 2.32 bits per heavy atom. The molecule has 22 heavy (non-hydrogen) atoms. The summed E-state index contributed by atoms with van der Waals surface area (Å²) < 4.78 is 0.823. The van der Waals surface area contributed by atoms with Crippen LogP contribution in [-0.4, -0.2) is 20.6 Å². The number of hydrogen-bond donors (Lipinski definition) is 1. The van der Waals surface area contributed by atoms with Crippen molar-refractivity contribution in [3.8, 4) is 0 Å². The molecule has 4 rings (SSSR count). The van der Waals surface area contributed by atoms with Gasteiger partial charge in [-0.05, 0) is 39.9 Å². The van der Waals surface area contributed by atoms with Crippen LogP contribution < -0.4 is 5.32 Å². The maximum absolute atomic E-state index is 5.31. The van der Waals surface area contributed by atoms with Gasteiger partial charge in [0.1, 0.15) is 4.62 Å². The first-order chi connectivity index (χ1) is 10.8. The fourth-order valence-electron chi connectivity index (χ4n) is 2.95. The summed E-state index contributed by atoms with van der Waals surface area (Å²) in [6.07, 6.45) is 6.31. The van der Waals surface area contributed by atoms with Gasteiger partial charge < -0.3 is 10.2 Å². The van der Waals surface area contributed by atoms with Crippen molar-refractivity contribution in [2.24, 2.45) is 5.16 Å². The van der Waals surface area contributed by atoms with E-state index in [4.69, 9.17) is 4.84 Å². The van der Waals surface area contributed by atoms with Crippen LogP contribution in [0.5, 0.6) is 0 Å². The Bertz CT molecular complexity index is 691. The summed E-state index contributed by atoms with van der Waals surface area (Å²) in [4.78, 5) is 14.1. The molecule has 0 bridgehead atoms. The largest absolute Gasteiger partial charge is 0.386 e. The molecule has 1 aliphatic heterocycles. The van der Waals surface area contributed by atoms with Crippen LogP contribution in [0.2, 0.25) is 0 Å². The van der Waals surface area contributed by atoms with Gasteiger partial charge in [-0.2, -0.15) is 0 Å². The molecule has 2 aromatic rings. The van der Waals surface area contributed by atoms with Gasteiger partial charge >= 0.3 is 0 Å². The van der Waals surface area contributed by atoms with Crippen molar-refractivity contribution in [2.75, 3.05) is 5.32 Å². The molecule has 0 saturated carbocycles. The molecular formula is C16H15BrN4O. The Kier molecular flexibility index (Phi) is 3.54. The minimum Gasteiger partial charge on any atom is -0.386 e. The van der Waals surface area contributed by atoms with Gasteiger partial charge in [0.15, 0.2) is 6.10 Å². The number of halogens is 1. The highest BCUT2D eigenvalue weighted by atomic mass is 79.9. The molecule has 1 aliphatic carbocycles. The Morgan fingerprint density at radius 1 is 1.05 bits per heavy atom. The number of benzene rings is 1. The van der Waals surface area contributed by atoms with Gasteiger partial charge in [-0.15, -0.1) is 0 Å². The number of aromatic nitrogens is 2. The van der Waals surface area contributed by atoms with E-state index in [1.807, 2.05) is 12.4 Å². The van der Waals surface area contributed by atoms with E-state index in [1.54, 1.807) is 0 Å². The van der Waals surface area contributed by atoms with Gasteiger partial charge in [-0.3, -0.25) is 0 Å². The molecule has 5 nitrogen and oxygen atoms in total. The molecule has 2 heterocycles. The molecule has 1 aromatic heterocycles. The molecule has 112 valence electrons. The molecule has 0 saturated heterocycles. The molecule has 0 spiro atoms. The normalized spacial score (nSPS) is 20.4. The van der Waals surface area contributed by atoms with Crippen LogP contribution in [-0.2, 0) is 17.7 Å². The SMILES string of the molecule is BrC1=NOC(c2cnc(NC3Cc4ccccc4C3)nc2)C1. The molecule has 1 N–H and O–H groups in total. The zero-order valence-electron chi connectivity index (χ0n) is 11.9. The standard InChI is InChI=1S/C16H15BrN4O/c17-15-7-14(22-21-15)12-8-18-16(19-9-12)20-13-5-10-3-1-2-4-11(10)6-13/h1-4,8-9,13-14H,5-7H2,(H,18,19,20). The van der Waals surface area contributed by atoms with E-state index in [0.29, 0.717) is 12.0 Å². The van der Waals surface area contributed by atoms with Gasteiger partial charge in [-0.25, -0.2) is 9.97 Å². The number of hydrogen-bond acceptors (Lipinski definition) is 5. The molecule has 2 aliphatic rings. The van der Waals surface area contributed by atoms with E-state index in [0.717, 1.165) is 29.4 Å². The third-order valence-electron chi connectivity index (χ3n) is 4.06. The van der Waals surface area contributed by atoms with Crippen molar-refractivity contribution in [3.63, 3.8) is 0 Å². The third kappa shape index (κ3) is 2.70. The summed E-state index contributed by atoms with van der Waals surface area (Å²) >= 11 is 3.33. The van der Waals surface area contributed by atoms with Gasteiger partial charge in [-0.1, -0.05) is 29.4 Å². The Hall–Kier alpha value is -1.95. The predicted molar refractivity (Wildman–Crippen MR) is 88.1 cm³/mol. The number of fused-ring (bicyclic) bond motifs is 1. The van der Waals surface area contributed by atoms with Crippen LogP contribution >= 0.6 is 15.9 Å². The minimum absolute atomic E-state index is 0.0841. The summed E-state index contributed by atoms with van der Waals surface area (Å²) in [6, 6.07) is 8.93. The lowest BCUT2D eigenvalue weighted by atomic mass is 10.1. The maximum atomic E-state index is 5.31. The van der Waals surface area contributed by atoms with Crippen LogP contribution in [0, 0.1) is 0 Å². The average molecular weight is 359 g/mol. The van der Waals surface area contributed by atoms with Crippen molar-refractivity contribution in [3.05, 3.63) is 53.3 Å². The summed E-state index contributed by atoms with van der Waals surface area (Å²) in [5.74, 6) is 0.666. The lowest BCUT2D eigenvalue weighted by molar-refractivity contribution is 0.0853. The minimum atomic E-state index is -0.0841. The quantitative estimate of drug-likeness (QED) is 0.914. The smallest absolute Gasteiger partial charge is 0.222 e. The van der Waals surface area contributed by atoms with E-state index in [2.05, 4.69) is 60.6 Å². The second-order valence-corrected chi connectivity index (χ2v) is 6.54. The third-order valence-corrected chi connectivity index (χ3v) is 4.53. The average Bonchev–Trinajstić information content (AvgIpc) is 3.13. The second-order valence-electron chi connectivity index (χ2n) is 5.62. The predicted octanol–water partition coefficient (Wildman–Crippen LogP) is 3.23. The molecule has 1 aromatic carbocycles. The molecule has 1 unspecified atom stereocenters. The zero-order valence-corrected chi connectivity index (χ0v) is 13.5. The number of nitrogens with zero attached hydrogens (tertiary/aromatic N) is 3. The van der Waals surface area contributed by atoms with Crippen molar-refractivity contribution in [2.45, 2.75) is 31.4 Å². The van der Waals surface area contributed by atoms with Gasteiger partial charge in [0.05, 0.1) is 0 Å². The van der Waals surface area contributed by atoms with E-state index in [1.165, 1.54) is 11.1 Å². The Labute approximate surface area is 136 Å². The van der Waals surface area contributed by atoms with Gasteiger partial charge in [0.2, 0.25) is 5.95 Å². The molecule has 1 atom stereocenters. The van der Waals surface area contributed by atoms with E-state index in [9.17, 15) is 0 Å². The van der Waals surface area contributed by atoms with Crippen LogP contribution in [0.1, 0.15) is 29.2 Å². The maximum Gasteiger partial charge on any atom is 0.222 e. The first-order valence-electron chi connectivity index (χ1n) is 7.31. The fourth-order valence-corrected chi connectivity index (χ4v) is 3.33. The molecule has 6 heteroatoms. The molecular weight excluding hydrogens is 344 g/mol. The number of nitrogens with one attached hydrogen (secondary N) is 1. The molecule has 0 radical (unpaired) electrons. The van der Waals surface area contributed by atoms with E-state index >= 15 is 0 Å². The highest BCUT2D eigenvalue weighted by Gasteiger charge is 2.23. The first-order valence-corrected chi connectivity index (χ1v) is 8.10. The summed E-state index contributed by atoms with van der Waals surface area (Å²) in [5.41, 5.74) is 3.77. The summed E-state index contributed by atoms with van der Waals surface area (Å²) in [5, 5.41) is 7.30. The van der Waals surface area contributed by atoms with Gasteiger partial charge in [0.25, 0.3) is 0 Å². The lowest BCUT2D eigenvalue weighted by Crippen LogP contribution is -2.21. The summed E-state index contributed by atoms with van der Waals surface area (Å²) in [7, 11) is 0. The van der Waals surface area contributed by atoms with Crippen LogP contribution in [0.25, 0.3) is 0 Å². The number of anilines is 1. The summed E-state index contributed by atoms with van der Waals surface area (Å²) in [6.45, 7) is 0. The molecule has 0 amide bonds. The fraction of sp³-hybridized carbons (Fsp3) is 0.312. The van der Waals surface area contributed by atoms with Crippen LogP contribution in [0.3, 0.4) is 0 Å². The van der Waals surface area contributed by atoms with Gasteiger partial charge in [0, 0.05) is 30.4 Å². The number of rotatable bonds is 3. The van der Waals surface area contributed by atoms with Crippen LogP contribution in [0.15, 0.2) is 41.8 Å². The monoisotopic (exact) mass is 358 g/mol. The van der Waals surface area contributed by atoms with Crippen molar-refractivity contribution in [1.29, 1.82) is 0 Å². The molecule has 0 fully saturated rings. The second kappa shape index (κ2) is 5.68. The first kappa shape index (κ1) is 13.7.